The maximum absolute atomic E-state index is 5.60. The minimum absolute atomic E-state index is 0.280. The average Bonchev–Trinajstić information content (AvgIpc) is 3.13. The zero-order valence-corrected chi connectivity index (χ0v) is 12.8. The smallest absolute Gasteiger partial charge is 0.180 e. The summed E-state index contributed by atoms with van der Waals surface area (Å²) in [4.78, 5) is 13.7. The van der Waals surface area contributed by atoms with Crippen LogP contribution in [0.4, 0.5) is 5.13 Å². The number of imidazole rings is 1. The highest BCUT2D eigenvalue weighted by Crippen LogP contribution is 2.14. The van der Waals surface area contributed by atoms with Crippen LogP contribution in [-0.4, -0.2) is 20.2 Å². The molecule has 0 bridgehead atoms. The van der Waals surface area contributed by atoms with E-state index in [1.165, 1.54) is 11.3 Å². The van der Waals surface area contributed by atoms with Gasteiger partial charge < -0.3 is 15.1 Å². The first-order chi connectivity index (χ1) is 10.7. The van der Waals surface area contributed by atoms with Gasteiger partial charge in [0.1, 0.15) is 5.71 Å². The van der Waals surface area contributed by atoms with Gasteiger partial charge in [-0.2, -0.15) is 0 Å². The van der Waals surface area contributed by atoms with E-state index in [2.05, 4.69) is 15.1 Å². The largest absolute Gasteiger partial charge is 0.389 e. The molecule has 0 saturated carbocycles. The minimum atomic E-state index is 0.280. The van der Waals surface area contributed by atoms with Gasteiger partial charge in [0.2, 0.25) is 0 Å². The van der Waals surface area contributed by atoms with Crippen molar-refractivity contribution in [3.63, 3.8) is 0 Å². The van der Waals surface area contributed by atoms with E-state index in [1.807, 2.05) is 47.3 Å². The van der Waals surface area contributed by atoms with E-state index in [4.69, 9.17) is 10.6 Å². The Hall–Kier alpha value is -2.67. The Labute approximate surface area is 131 Å². The van der Waals surface area contributed by atoms with Gasteiger partial charge in [0.15, 0.2) is 11.7 Å². The second kappa shape index (κ2) is 6.40. The molecule has 0 aliphatic heterocycles. The van der Waals surface area contributed by atoms with Crippen molar-refractivity contribution < 1.29 is 4.84 Å². The van der Waals surface area contributed by atoms with Crippen LogP contribution in [0.15, 0.2) is 53.4 Å². The SMILES string of the molecule is Cn1cncc1C(=NOCc1csc(N)n1)c1ccccc1. The van der Waals surface area contributed by atoms with Gasteiger partial charge in [-0.15, -0.1) is 11.3 Å². The van der Waals surface area contributed by atoms with Crippen molar-refractivity contribution >= 4 is 22.2 Å². The highest BCUT2D eigenvalue weighted by atomic mass is 32.1. The third-order valence-electron chi connectivity index (χ3n) is 3.04. The van der Waals surface area contributed by atoms with E-state index in [9.17, 15) is 0 Å². The molecule has 2 N–H and O–H groups in total. The summed E-state index contributed by atoms with van der Waals surface area (Å²) in [5.41, 5.74) is 8.94. The van der Waals surface area contributed by atoms with E-state index in [0.29, 0.717) is 5.13 Å². The van der Waals surface area contributed by atoms with Crippen LogP contribution in [0.3, 0.4) is 0 Å². The van der Waals surface area contributed by atoms with Crippen molar-refractivity contribution in [1.29, 1.82) is 0 Å². The third-order valence-corrected chi connectivity index (χ3v) is 3.77. The molecule has 3 aromatic rings. The van der Waals surface area contributed by atoms with Crippen LogP contribution >= 0.6 is 11.3 Å². The van der Waals surface area contributed by atoms with Crippen molar-refractivity contribution in [2.24, 2.45) is 12.2 Å². The lowest BCUT2D eigenvalue weighted by Gasteiger charge is -2.07. The lowest BCUT2D eigenvalue weighted by atomic mass is 10.1. The van der Waals surface area contributed by atoms with Gasteiger partial charge in [-0.3, -0.25) is 0 Å². The molecule has 7 heteroatoms. The van der Waals surface area contributed by atoms with Gasteiger partial charge in [-0.05, 0) is 0 Å². The number of nitrogen functional groups attached to an aromatic ring is 1. The summed E-state index contributed by atoms with van der Waals surface area (Å²) in [7, 11) is 1.92. The number of thiazole rings is 1. The van der Waals surface area contributed by atoms with Crippen LogP contribution in [0.5, 0.6) is 0 Å². The zero-order valence-electron chi connectivity index (χ0n) is 12.0. The van der Waals surface area contributed by atoms with Crippen LogP contribution in [0.2, 0.25) is 0 Å². The molecular weight excluding hydrogens is 298 g/mol. The highest BCUT2D eigenvalue weighted by molar-refractivity contribution is 7.13. The van der Waals surface area contributed by atoms with E-state index in [1.54, 1.807) is 12.5 Å². The monoisotopic (exact) mass is 313 g/mol. The first kappa shape index (κ1) is 14.3. The van der Waals surface area contributed by atoms with Crippen LogP contribution in [0.25, 0.3) is 0 Å². The molecular formula is C15H15N5OS. The fourth-order valence-electron chi connectivity index (χ4n) is 1.98. The molecule has 0 atom stereocenters. The van der Waals surface area contributed by atoms with Gasteiger partial charge >= 0.3 is 0 Å². The molecule has 0 unspecified atom stereocenters. The molecule has 1 aromatic carbocycles. The number of aryl methyl sites for hydroxylation is 1. The predicted octanol–water partition coefficient (Wildman–Crippen LogP) is 2.43. The number of aromatic nitrogens is 3. The number of oxime groups is 1. The quantitative estimate of drug-likeness (QED) is 0.579. The molecule has 0 spiro atoms. The van der Waals surface area contributed by atoms with Crippen molar-refractivity contribution in [1.82, 2.24) is 14.5 Å². The van der Waals surface area contributed by atoms with Crippen molar-refractivity contribution in [3.05, 3.63) is 65.2 Å². The fraction of sp³-hybridized carbons (Fsp3) is 0.133. The third kappa shape index (κ3) is 3.15. The average molecular weight is 313 g/mol. The van der Waals surface area contributed by atoms with Gasteiger partial charge in [0.05, 0.1) is 23.9 Å². The molecule has 6 nitrogen and oxygen atoms in total. The van der Waals surface area contributed by atoms with Crippen molar-refractivity contribution in [3.8, 4) is 0 Å². The lowest BCUT2D eigenvalue weighted by molar-refractivity contribution is 0.128. The first-order valence-electron chi connectivity index (χ1n) is 6.66. The second-order valence-corrected chi connectivity index (χ2v) is 5.54. The molecule has 0 radical (unpaired) electrons. The standard InChI is InChI=1S/C15H15N5OS/c1-20-10-17-7-13(20)14(11-5-3-2-4-6-11)19-21-8-12-9-22-15(16)18-12/h2-7,9-10H,8H2,1H3,(H2,16,18). The molecule has 3 rings (SSSR count). The van der Waals surface area contributed by atoms with E-state index in [0.717, 1.165) is 22.7 Å². The van der Waals surface area contributed by atoms with E-state index < -0.39 is 0 Å². The predicted molar refractivity (Wildman–Crippen MR) is 86.6 cm³/mol. The molecule has 0 aliphatic rings. The molecule has 0 fully saturated rings. The number of hydrogen-bond donors (Lipinski definition) is 1. The summed E-state index contributed by atoms with van der Waals surface area (Å²) in [5, 5.41) is 6.67. The number of nitrogens with two attached hydrogens (primary N) is 1. The summed E-state index contributed by atoms with van der Waals surface area (Å²) >= 11 is 1.38. The van der Waals surface area contributed by atoms with Gasteiger partial charge in [-0.25, -0.2) is 9.97 Å². The second-order valence-electron chi connectivity index (χ2n) is 4.65. The number of anilines is 1. The molecule has 2 aromatic heterocycles. The Bertz CT molecular complexity index is 778. The topological polar surface area (TPSA) is 78.3 Å². The Kier molecular flexibility index (Phi) is 4.15. The normalized spacial score (nSPS) is 11.6. The van der Waals surface area contributed by atoms with Crippen molar-refractivity contribution in [2.45, 2.75) is 6.61 Å². The highest BCUT2D eigenvalue weighted by Gasteiger charge is 2.11. The van der Waals surface area contributed by atoms with E-state index in [-0.39, 0.29) is 6.61 Å². The number of hydrogen-bond acceptors (Lipinski definition) is 6. The number of rotatable bonds is 5. The summed E-state index contributed by atoms with van der Waals surface area (Å²) in [6.45, 7) is 0.280. The summed E-state index contributed by atoms with van der Waals surface area (Å²) < 4.78 is 1.90. The molecule has 0 amide bonds. The lowest BCUT2D eigenvalue weighted by Crippen LogP contribution is -2.09. The maximum atomic E-state index is 5.60. The van der Waals surface area contributed by atoms with Gasteiger partial charge in [0, 0.05) is 18.0 Å². The molecule has 112 valence electrons. The molecule has 0 saturated heterocycles. The zero-order chi connectivity index (χ0) is 15.4. The summed E-state index contributed by atoms with van der Waals surface area (Å²) in [6.07, 6.45) is 3.49. The van der Waals surface area contributed by atoms with Gasteiger partial charge in [-0.1, -0.05) is 35.5 Å². The molecule has 0 aliphatic carbocycles. The first-order valence-corrected chi connectivity index (χ1v) is 7.54. The van der Waals surface area contributed by atoms with Crippen LogP contribution in [0, 0.1) is 0 Å². The van der Waals surface area contributed by atoms with Crippen LogP contribution < -0.4 is 5.73 Å². The van der Waals surface area contributed by atoms with Crippen molar-refractivity contribution in [2.75, 3.05) is 5.73 Å². The number of benzene rings is 1. The number of nitrogens with zero attached hydrogens (tertiary/aromatic N) is 4. The summed E-state index contributed by atoms with van der Waals surface area (Å²) in [5.74, 6) is 0. The van der Waals surface area contributed by atoms with Crippen LogP contribution in [0.1, 0.15) is 17.0 Å². The fourth-order valence-corrected chi connectivity index (χ4v) is 2.53. The van der Waals surface area contributed by atoms with Gasteiger partial charge in [0.25, 0.3) is 0 Å². The Morgan fingerprint density at radius 3 is 2.82 bits per heavy atom. The molecule has 2 heterocycles. The Morgan fingerprint density at radius 2 is 2.18 bits per heavy atom. The van der Waals surface area contributed by atoms with E-state index >= 15 is 0 Å². The summed E-state index contributed by atoms with van der Waals surface area (Å²) in [6, 6.07) is 9.85. The Balaban J connectivity index is 1.85. The molecule has 22 heavy (non-hydrogen) atoms. The maximum Gasteiger partial charge on any atom is 0.180 e. The Morgan fingerprint density at radius 1 is 1.36 bits per heavy atom. The van der Waals surface area contributed by atoms with Crippen LogP contribution in [-0.2, 0) is 18.5 Å². The minimum Gasteiger partial charge on any atom is -0.389 e.